The molecule has 0 atom stereocenters. The molecule has 0 spiro atoms. The van der Waals surface area contributed by atoms with Crippen molar-refractivity contribution in [1.29, 1.82) is 10.5 Å². The number of nitriles is 2. The van der Waals surface area contributed by atoms with Crippen LogP contribution in [0.25, 0.3) is 0 Å². The van der Waals surface area contributed by atoms with Crippen LogP contribution in [0.4, 0.5) is 5.82 Å². The lowest BCUT2D eigenvalue weighted by Crippen LogP contribution is -2.01. The van der Waals surface area contributed by atoms with Gasteiger partial charge < -0.3 is 5.73 Å². The first-order chi connectivity index (χ1) is 5.69. The largest absolute Gasteiger partial charge is 0.381 e. The van der Waals surface area contributed by atoms with Gasteiger partial charge in [-0.3, -0.25) is 0 Å². The highest BCUT2D eigenvalue weighted by Gasteiger charge is 2.07. The van der Waals surface area contributed by atoms with E-state index < -0.39 is 0 Å². The number of nitrogens with zero attached hydrogens (tertiary/aromatic N) is 4. The van der Waals surface area contributed by atoms with Crippen LogP contribution in [0.3, 0.4) is 0 Å². The van der Waals surface area contributed by atoms with Crippen molar-refractivity contribution in [2.24, 2.45) is 0 Å². The third kappa shape index (κ3) is 1.34. The second kappa shape index (κ2) is 3.16. The summed E-state index contributed by atoms with van der Waals surface area (Å²) < 4.78 is 0.251. The van der Waals surface area contributed by atoms with Crippen LogP contribution in [0.5, 0.6) is 0 Å². The number of hydrogen-bond donors (Lipinski definition) is 1. The lowest BCUT2D eigenvalue weighted by Gasteiger charge is -1.96. The minimum Gasteiger partial charge on any atom is -0.381 e. The van der Waals surface area contributed by atoms with E-state index >= 15 is 0 Å². The third-order valence-electron chi connectivity index (χ3n) is 1.09. The Balaban J connectivity index is 3.42. The normalized spacial score (nSPS) is 8.58. The SMILES string of the molecule is N#Cc1nc(C#N)c(Br)nc1N. The number of rotatable bonds is 0. The van der Waals surface area contributed by atoms with Gasteiger partial charge in [0.25, 0.3) is 0 Å². The number of aromatic nitrogens is 2. The van der Waals surface area contributed by atoms with Gasteiger partial charge in [-0.1, -0.05) is 0 Å². The van der Waals surface area contributed by atoms with Gasteiger partial charge in [-0.15, -0.1) is 0 Å². The molecule has 0 aliphatic carbocycles. The van der Waals surface area contributed by atoms with Crippen molar-refractivity contribution in [3.63, 3.8) is 0 Å². The Kier molecular flexibility index (Phi) is 2.22. The standard InChI is InChI=1S/C6H2BrN5/c7-5-3(1-8)11-4(2-9)6(10)12-5/h(H2,10,12). The Morgan fingerprint density at radius 3 is 2.25 bits per heavy atom. The van der Waals surface area contributed by atoms with Crippen molar-refractivity contribution < 1.29 is 0 Å². The van der Waals surface area contributed by atoms with Gasteiger partial charge in [-0.25, -0.2) is 9.97 Å². The fraction of sp³-hybridized carbons (Fsp3) is 0. The van der Waals surface area contributed by atoms with E-state index in [1.165, 1.54) is 0 Å². The lowest BCUT2D eigenvalue weighted by atomic mass is 10.4. The predicted octanol–water partition coefficient (Wildman–Crippen LogP) is 0.565. The molecular weight excluding hydrogens is 222 g/mol. The maximum Gasteiger partial charge on any atom is 0.184 e. The van der Waals surface area contributed by atoms with Gasteiger partial charge >= 0.3 is 0 Å². The van der Waals surface area contributed by atoms with Crippen molar-refractivity contribution >= 4 is 21.7 Å². The Bertz CT molecular complexity index is 364. The zero-order valence-corrected chi connectivity index (χ0v) is 7.33. The van der Waals surface area contributed by atoms with Crippen LogP contribution < -0.4 is 5.73 Å². The van der Waals surface area contributed by atoms with Gasteiger partial charge in [-0.05, 0) is 15.9 Å². The van der Waals surface area contributed by atoms with Gasteiger partial charge in [0.15, 0.2) is 17.2 Å². The topological polar surface area (TPSA) is 99.4 Å². The van der Waals surface area contributed by atoms with Crippen molar-refractivity contribution in [2.75, 3.05) is 5.73 Å². The molecule has 1 aromatic heterocycles. The average Bonchev–Trinajstić information content (AvgIpc) is 2.05. The molecule has 1 aromatic rings. The Hall–Kier alpha value is -1.66. The number of nitrogen functional groups attached to an aromatic ring is 1. The number of halogens is 1. The molecule has 2 N–H and O–H groups in total. The fourth-order valence-corrected chi connectivity index (χ4v) is 0.949. The number of anilines is 1. The van der Waals surface area contributed by atoms with Gasteiger partial charge in [0, 0.05) is 0 Å². The summed E-state index contributed by atoms with van der Waals surface area (Å²) in [5.74, 6) is 0.0170. The van der Waals surface area contributed by atoms with Crippen molar-refractivity contribution in [2.45, 2.75) is 0 Å². The zero-order valence-electron chi connectivity index (χ0n) is 5.74. The summed E-state index contributed by atoms with van der Waals surface area (Å²) in [6.07, 6.45) is 0. The summed E-state index contributed by atoms with van der Waals surface area (Å²) in [5.41, 5.74) is 5.34. The van der Waals surface area contributed by atoms with Gasteiger partial charge in [0.05, 0.1) is 0 Å². The van der Waals surface area contributed by atoms with Crippen LogP contribution in [0.2, 0.25) is 0 Å². The molecule has 12 heavy (non-hydrogen) atoms. The highest BCUT2D eigenvalue weighted by Crippen LogP contribution is 2.14. The predicted molar refractivity (Wildman–Crippen MR) is 43.6 cm³/mol. The molecule has 1 rings (SSSR count). The van der Waals surface area contributed by atoms with Crippen LogP contribution in [0.15, 0.2) is 4.60 Å². The van der Waals surface area contributed by atoms with Gasteiger partial charge in [-0.2, -0.15) is 10.5 Å². The first-order valence-corrected chi connectivity index (χ1v) is 3.61. The summed E-state index contributed by atoms with van der Waals surface area (Å²) in [5, 5.41) is 17.0. The zero-order chi connectivity index (χ0) is 9.14. The van der Waals surface area contributed by atoms with Crippen LogP contribution in [-0.2, 0) is 0 Å². The van der Waals surface area contributed by atoms with Crippen LogP contribution in [0.1, 0.15) is 11.4 Å². The lowest BCUT2D eigenvalue weighted by molar-refractivity contribution is 1.11. The summed E-state index contributed by atoms with van der Waals surface area (Å²) >= 11 is 2.99. The third-order valence-corrected chi connectivity index (χ3v) is 1.64. The maximum absolute atomic E-state index is 8.50. The molecule has 0 unspecified atom stereocenters. The minimum absolute atomic E-state index is 0.0170. The molecular formula is C6H2BrN5. The van der Waals surface area contributed by atoms with E-state index in [9.17, 15) is 0 Å². The molecule has 0 bridgehead atoms. The Labute approximate surface area is 76.6 Å². The molecule has 0 radical (unpaired) electrons. The fourth-order valence-electron chi connectivity index (χ4n) is 0.580. The second-order valence-corrected chi connectivity index (χ2v) is 2.57. The highest BCUT2D eigenvalue weighted by molar-refractivity contribution is 9.10. The smallest absolute Gasteiger partial charge is 0.184 e. The molecule has 1 heterocycles. The summed E-state index contributed by atoms with van der Waals surface area (Å²) in [4.78, 5) is 7.35. The summed E-state index contributed by atoms with van der Waals surface area (Å²) in [7, 11) is 0. The quantitative estimate of drug-likeness (QED) is 0.694. The average molecular weight is 224 g/mol. The van der Waals surface area contributed by atoms with Crippen molar-refractivity contribution in [3.8, 4) is 12.1 Å². The Morgan fingerprint density at radius 1 is 1.17 bits per heavy atom. The minimum atomic E-state index is -0.0326. The number of hydrogen-bond acceptors (Lipinski definition) is 5. The summed E-state index contributed by atoms with van der Waals surface area (Å²) in [6.45, 7) is 0. The molecule has 0 saturated heterocycles. The molecule has 0 aromatic carbocycles. The van der Waals surface area contributed by atoms with E-state index in [0.29, 0.717) is 0 Å². The van der Waals surface area contributed by atoms with E-state index in [4.69, 9.17) is 16.3 Å². The van der Waals surface area contributed by atoms with Gasteiger partial charge in [0.1, 0.15) is 16.7 Å². The first-order valence-electron chi connectivity index (χ1n) is 2.82. The van der Waals surface area contributed by atoms with E-state index in [0.717, 1.165) is 0 Å². The van der Waals surface area contributed by atoms with Crippen LogP contribution in [-0.4, -0.2) is 9.97 Å². The van der Waals surface area contributed by atoms with E-state index in [2.05, 4.69) is 25.9 Å². The van der Waals surface area contributed by atoms with Gasteiger partial charge in [0.2, 0.25) is 0 Å². The molecule has 0 fully saturated rings. The highest BCUT2D eigenvalue weighted by atomic mass is 79.9. The molecule has 0 saturated carbocycles. The van der Waals surface area contributed by atoms with E-state index in [1.807, 2.05) is 0 Å². The maximum atomic E-state index is 8.50. The van der Waals surface area contributed by atoms with Crippen molar-refractivity contribution in [3.05, 3.63) is 16.0 Å². The second-order valence-electron chi connectivity index (χ2n) is 1.82. The van der Waals surface area contributed by atoms with E-state index in [1.54, 1.807) is 12.1 Å². The molecule has 5 nitrogen and oxygen atoms in total. The number of nitrogens with two attached hydrogens (primary N) is 1. The van der Waals surface area contributed by atoms with Crippen LogP contribution >= 0.6 is 15.9 Å². The molecule has 0 amide bonds. The first kappa shape index (κ1) is 8.44. The molecule has 58 valence electrons. The monoisotopic (exact) mass is 223 g/mol. The Morgan fingerprint density at radius 2 is 1.75 bits per heavy atom. The van der Waals surface area contributed by atoms with E-state index in [-0.39, 0.29) is 21.8 Å². The summed E-state index contributed by atoms with van der Waals surface area (Å²) in [6, 6.07) is 3.50. The van der Waals surface area contributed by atoms with Crippen molar-refractivity contribution in [1.82, 2.24) is 9.97 Å². The molecule has 0 aliphatic heterocycles. The van der Waals surface area contributed by atoms with Crippen LogP contribution in [0, 0.1) is 22.7 Å². The molecule has 6 heteroatoms. The molecule has 0 aliphatic rings.